The maximum absolute atomic E-state index is 13.8. The third-order valence-corrected chi connectivity index (χ3v) is 7.33. The largest absolute Gasteiger partial charge is 0.503 e. The predicted molar refractivity (Wildman–Crippen MR) is 104 cm³/mol. The third kappa shape index (κ3) is 2.89. The van der Waals surface area contributed by atoms with Gasteiger partial charge >= 0.3 is 0 Å². The Bertz CT molecular complexity index is 1150. The molecule has 4 aliphatic rings. The molecule has 2 saturated heterocycles. The SMILES string of the molecule is O=C(NCc1ccc(F)cc1F)c1cn2c(c(O)c1=O)C(=O)N1C3CC(C3)SC1C2. The molecule has 7 nitrogen and oxygen atoms in total. The van der Waals surface area contributed by atoms with E-state index in [4.69, 9.17) is 0 Å². The van der Waals surface area contributed by atoms with Gasteiger partial charge in [-0.1, -0.05) is 6.07 Å². The second-order valence-corrected chi connectivity index (χ2v) is 9.17. The molecular weight excluding hydrogens is 416 g/mol. The number of halogens is 2. The van der Waals surface area contributed by atoms with Crippen molar-refractivity contribution in [2.75, 3.05) is 0 Å². The Morgan fingerprint density at radius 1 is 1.27 bits per heavy atom. The number of aromatic nitrogens is 1. The van der Waals surface area contributed by atoms with E-state index in [9.17, 15) is 28.3 Å². The number of nitrogens with zero attached hydrogens (tertiary/aromatic N) is 2. The van der Waals surface area contributed by atoms with Crippen LogP contribution in [0, 0.1) is 11.6 Å². The Hall–Kier alpha value is -2.88. The molecule has 0 radical (unpaired) electrons. The molecule has 3 fully saturated rings. The zero-order valence-electron chi connectivity index (χ0n) is 15.6. The van der Waals surface area contributed by atoms with Crippen molar-refractivity contribution in [2.45, 2.75) is 42.6 Å². The van der Waals surface area contributed by atoms with Crippen molar-refractivity contribution in [3.63, 3.8) is 0 Å². The summed E-state index contributed by atoms with van der Waals surface area (Å²) in [5, 5.41) is 13.2. The molecule has 1 atom stereocenters. The molecular formula is C20H17F2N3O4S. The van der Waals surface area contributed by atoms with Crippen LogP contribution < -0.4 is 10.7 Å². The molecule has 6 rings (SSSR count). The highest BCUT2D eigenvalue weighted by Gasteiger charge is 2.50. The van der Waals surface area contributed by atoms with Crippen molar-refractivity contribution in [3.05, 3.63) is 63.1 Å². The van der Waals surface area contributed by atoms with Gasteiger partial charge < -0.3 is 19.9 Å². The van der Waals surface area contributed by atoms with Gasteiger partial charge in [0.2, 0.25) is 5.43 Å². The van der Waals surface area contributed by atoms with Gasteiger partial charge in [-0.3, -0.25) is 14.4 Å². The predicted octanol–water partition coefficient (Wildman–Crippen LogP) is 1.82. The summed E-state index contributed by atoms with van der Waals surface area (Å²) in [4.78, 5) is 39.8. The van der Waals surface area contributed by atoms with E-state index in [2.05, 4.69) is 5.32 Å². The van der Waals surface area contributed by atoms with Gasteiger partial charge in [0, 0.05) is 35.7 Å². The molecule has 30 heavy (non-hydrogen) atoms. The first-order valence-electron chi connectivity index (χ1n) is 9.50. The summed E-state index contributed by atoms with van der Waals surface area (Å²) in [5.41, 5.74) is -1.36. The van der Waals surface area contributed by atoms with Crippen LogP contribution >= 0.6 is 11.8 Å². The van der Waals surface area contributed by atoms with E-state index in [0.29, 0.717) is 17.9 Å². The number of pyridine rings is 1. The molecule has 1 aromatic carbocycles. The Morgan fingerprint density at radius 3 is 2.77 bits per heavy atom. The topological polar surface area (TPSA) is 91.6 Å². The number of carbonyl (C=O) groups excluding carboxylic acids is 2. The van der Waals surface area contributed by atoms with Gasteiger partial charge in [0.25, 0.3) is 11.8 Å². The fourth-order valence-electron chi connectivity index (χ4n) is 4.23. The first-order valence-corrected chi connectivity index (χ1v) is 10.4. The third-order valence-electron chi connectivity index (χ3n) is 5.87. The number of rotatable bonds is 3. The van der Waals surface area contributed by atoms with Crippen molar-refractivity contribution in [1.29, 1.82) is 0 Å². The summed E-state index contributed by atoms with van der Waals surface area (Å²) in [5.74, 6) is -3.54. The van der Waals surface area contributed by atoms with Crippen LogP contribution in [0.4, 0.5) is 8.78 Å². The fraction of sp³-hybridized carbons (Fsp3) is 0.350. The van der Waals surface area contributed by atoms with Gasteiger partial charge in [-0.15, -0.1) is 11.8 Å². The zero-order valence-corrected chi connectivity index (χ0v) is 16.4. The number of fused-ring (bicyclic) bond motifs is 1. The number of thioether (sulfide) groups is 1. The molecule has 0 spiro atoms. The second kappa shape index (κ2) is 6.83. The molecule has 1 aromatic heterocycles. The number of nitrogens with one attached hydrogen (secondary N) is 1. The maximum Gasteiger partial charge on any atom is 0.275 e. The monoisotopic (exact) mass is 433 g/mol. The highest BCUT2D eigenvalue weighted by molar-refractivity contribution is 8.00. The van der Waals surface area contributed by atoms with Crippen molar-refractivity contribution in [2.24, 2.45) is 0 Å². The Labute approximate surface area is 173 Å². The highest BCUT2D eigenvalue weighted by Crippen LogP contribution is 2.48. The van der Waals surface area contributed by atoms with Crippen LogP contribution in [-0.2, 0) is 13.1 Å². The average Bonchev–Trinajstić information content (AvgIpc) is 2.68. The summed E-state index contributed by atoms with van der Waals surface area (Å²) in [7, 11) is 0. The lowest BCUT2D eigenvalue weighted by Crippen LogP contribution is -2.62. The minimum absolute atomic E-state index is 0.0516. The lowest BCUT2D eigenvalue weighted by atomic mass is 9.89. The van der Waals surface area contributed by atoms with E-state index in [-0.39, 0.29) is 34.8 Å². The molecule has 1 unspecified atom stereocenters. The molecule has 2 N–H and O–H groups in total. The van der Waals surface area contributed by atoms with E-state index in [1.807, 2.05) is 0 Å². The van der Waals surface area contributed by atoms with Gasteiger partial charge in [0.15, 0.2) is 11.4 Å². The molecule has 4 heterocycles. The van der Waals surface area contributed by atoms with Gasteiger partial charge in [0.1, 0.15) is 17.2 Å². The van der Waals surface area contributed by atoms with Crippen molar-refractivity contribution in [3.8, 4) is 5.75 Å². The minimum Gasteiger partial charge on any atom is -0.503 e. The highest BCUT2D eigenvalue weighted by atomic mass is 32.2. The summed E-state index contributed by atoms with van der Waals surface area (Å²) in [6.07, 6.45) is 3.10. The van der Waals surface area contributed by atoms with E-state index in [1.54, 1.807) is 16.7 Å². The lowest BCUT2D eigenvalue weighted by Gasteiger charge is -2.54. The zero-order chi connectivity index (χ0) is 21.2. The van der Waals surface area contributed by atoms with Gasteiger partial charge in [-0.05, 0) is 18.9 Å². The molecule has 1 aliphatic carbocycles. The second-order valence-electron chi connectivity index (χ2n) is 7.69. The summed E-state index contributed by atoms with van der Waals surface area (Å²) >= 11 is 1.69. The average molecular weight is 433 g/mol. The van der Waals surface area contributed by atoms with Crippen LogP contribution in [0.3, 0.4) is 0 Å². The normalized spacial score (nSPS) is 24.0. The summed E-state index contributed by atoms with van der Waals surface area (Å²) in [6.45, 7) is 0.0981. The molecule has 156 valence electrons. The Balaban J connectivity index is 1.43. The van der Waals surface area contributed by atoms with Crippen molar-refractivity contribution in [1.82, 2.24) is 14.8 Å². The number of hydrogen-bond donors (Lipinski definition) is 2. The van der Waals surface area contributed by atoms with Crippen LogP contribution in [-0.4, -0.2) is 43.1 Å². The first kappa shape index (κ1) is 19.1. The van der Waals surface area contributed by atoms with Crippen LogP contribution in [0.25, 0.3) is 0 Å². The molecule has 2 bridgehead atoms. The van der Waals surface area contributed by atoms with Crippen LogP contribution in [0.1, 0.15) is 39.3 Å². The number of aromatic hydroxyl groups is 1. The van der Waals surface area contributed by atoms with E-state index < -0.39 is 34.6 Å². The van der Waals surface area contributed by atoms with Crippen LogP contribution in [0.15, 0.2) is 29.2 Å². The maximum atomic E-state index is 13.8. The Kier molecular flexibility index (Phi) is 4.35. The quantitative estimate of drug-likeness (QED) is 0.771. The van der Waals surface area contributed by atoms with Crippen molar-refractivity contribution >= 4 is 23.6 Å². The smallest absolute Gasteiger partial charge is 0.275 e. The minimum atomic E-state index is -0.957. The van der Waals surface area contributed by atoms with E-state index in [0.717, 1.165) is 18.9 Å². The first-order chi connectivity index (χ1) is 14.3. The van der Waals surface area contributed by atoms with Crippen LogP contribution in [0.5, 0.6) is 5.75 Å². The van der Waals surface area contributed by atoms with Crippen molar-refractivity contribution < 1.29 is 23.5 Å². The van der Waals surface area contributed by atoms with E-state index in [1.165, 1.54) is 16.8 Å². The van der Waals surface area contributed by atoms with Gasteiger partial charge in [0.05, 0.1) is 11.9 Å². The van der Waals surface area contributed by atoms with E-state index >= 15 is 0 Å². The summed E-state index contributed by atoms with van der Waals surface area (Å²) < 4.78 is 28.2. The molecule has 3 aliphatic heterocycles. The fourth-order valence-corrected chi connectivity index (χ4v) is 5.99. The number of carbonyl (C=O) groups is 2. The number of hydrogen-bond acceptors (Lipinski definition) is 5. The number of benzene rings is 1. The standard InChI is InChI=1S/C20H17F2N3O4S/c21-10-2-1-9(14(22)3-10)6-23-19(28)13-7-24-8-15-25(11-4-12(5-11)30-15)20(29)16(24)18(27)17(13)26/h1-3,7,11-12,15,27H,4-6,8H2,(H,23,28). The van der Waals surface area contributed by atoms with Gasteiger partial charge in [-0.25, -0.2) is 8.78 Å². The Morgan fingerprint density at radius 2 is 2.03 bits per heavy atom. The lowest BCUT2D eigenvalue weighted by molar-refractivity contribution is 0.0416. The van der Waals surface area contributed by atoms with Crippen LogP contribution in [0.2, 0.25) is 0 Å². The summed E-state index contributed by atoms with van der Waals surface area (Å²) in [6, 6.07) is 3.09. The molecule has 2 aromatic rings. The molecule has 10 heteroatoms. The molecule has 2 amide bonds. The molecule has 1 saturated carbocycles. The van der Waals surface area contributed by atoms with Gasteiger partial charge in [-0.2, -0.15) is 0 Å². The number of amides is 2.